The van der Waals surface area contributed by atoms with Crippen molar-refractivity contribution in [2.75, 3.05) is 55.6 Å². The quantitative estimate of drug-likeness (QED) is 0.292. The van der Waals surface area contributed by atoms with Gasteiger partial charge in [-0.15, -0.1) is 10.2 Å². The van der Waals surface area contributed by atoms with Crippen molar-refractivity contribution in [3.8, 4) is 11.8 Å². The van der Waals surface area contributed by atoms with Crippen LogP contribution in [0.2, 0.25) is 5.02 Å². The summed E-state index contributed by atoms with van der Waals surface area (Å²) in [6.07, 6.45) is 1.36. The smallest absolute Gasteiger partial charge is 0.272 e. The fourth-order valence-corrected chi connectivity index (χ4v) is 10.3. The number of nitrogens with zero attached hydrogens (tertiary/aromatic N) is 7. The van der Waals surface area contributed by atoms with Gasteiger partial charge in [0.15, 0.2) is 17.3 Å². The Balaban J connectivity index is 0.811. The van der Waals surface area contributed by atoms with Gasteiger partial charge < -0.3 is 19.9 Å². The van der Waals surface area contributed by atoms with Crippen molar-refractivity contribution < 1.29 is 37.5 Å². The molecule has 0 radical (unpaired) electrons. The van der Waals surface area contributed by atoms with Crippen molar-refractivity contribution in [2.45, 2.75) is 71.6 Å². The van der Waals surface area contributed by atoms with Crippen molar-refractivity contribution in [1.82, 2.24) is 30.6 Å². The van der Waals surface area contributed by atoms with Crippen molar-refractivity contribution >= 4 is 52.6 Å². The van der Waals surface area contributed by atoms with Crippen molar-refractivity contribution in [3.05, 3.63) is 75.4 Å². The lowest BCUT2D eigenvalue weighted by Crippen LogP contribution is -2.74. The number of hydrogen-bond acceptors (Lipinski definition) is 12. The second-order valence-corrected chi connectivity index (χ2v) is 18.1. The predicted molar refractivity (Wildman–Crippen MR) is 218 cm³/mol. The molecule has 0 bridgehead atoms. The van der Waals surface area contributed by atoms with E-state index in [4.69, 9.17) is 16.3 Å². The Morgan fingerprint density at radius 3 is 2.26 bits per heavy atom. The highest BCUT2D eigenvalue weighted by atomic mass is 35.5. The highest BCUT2D eigenvalue weighted by Crippen LogP contribution is 2.55. The number of piperidine rings is 2. The molecule has 1 unspecified atom stereocenters. The van der Waals surface area contributed by atoms with E-state index < -0.39 is 63.3 Å². The summed E-state index contributed by atoms with van der Waals surface area (Å²) in [5.74, 6) is -4.13. The van der Waals surface area contributed by atoms with Crippen LogP contribution in [0.15, 0.2) is 36.4 Å². The van der Waals surface area contributed by atoms with E-state index in [0.29, 0.717) is 59.2 Å². The number of rotatable bonds is 9. The van der Waals surface area contributed by atoms with Crippen LogP contribution in [0.1, 0.15) is 90.1 Å². The molecular weight excluding hydrogens is 812 g/mol. The molecule has 15 nitrogen and oxygen atoms in total. The number of imide groups is 2. The molecule has 5 amide bonds. The minimum absolute atomic E-state index is 0.0849. The van der Waals surface area contributed by atoms with Gasteiger partial charge >= 0.3 is 0 Å². The maximum Gasteiger partial charge on any atom is 0.272 e. The summed E-state index contributed by atoms with van der Waals surface area (Å²) in [5.41, 5.74) is -1.65. The number of nitriles is 1. The normalized spacial score (nSPS) is 23.9. The number of nitrogens with one attached hydrogen (secondary N) is 2. The topological polar surface area (TPSA) is 181 Å². The molecule has 3 saturated heterocycles. The average Bonchev–Trinajstić information content (AvgIpc) is 3.47. The van der Waals surface area contributed by atoms with E-state index in [1.165, 1.54) is 0 Å². The van der Waals surface area contributed by atoms with Crippen molar-refractivity contribution in [1.29, 1.82) is 5.26 Å². The van der Waals surface area contributed by atoms with E-state index >= 15 is 8.78 Å². The minimum atomic E-state index is -1.28. The predicted octanol–water partition coefficient (Wildman–Crippen LogP) is 4.33. The lowest BCUT2D eigenvalue weighted by Gasteiger charge is -2.63. The van der Waals surface area contributed by atoms with Gasteiger partial charge in [0.1, 0.15) is 35.5 Å². The summed E-state index contributed by atoms with van der Waals surface area (Å²) in [4.78, 5) is 70.4. The number of aromatic nitrogens is 2. The number of benzene rings is 2. The Morgan fingerprint density at radius 2 is 1.64 bits per heavy atom. The average molecular weight is 858 g/mol. The van der Waals surface area contributed by atoms with Gasteiger partial charge in [0.2, 0.25) is 11.8 Å². The van der Waals surface area contributed by atoms with Crippen molar-refractivity contribution in [3.63, 3.8) is 0 Å². The number of ether oxygens (including phenoxy) is 1. The zero-order valence-electron chi connectivity index (χ0n) is 34.3. The van der Waals surface area contributed by atoms with Gasteiger partial charge in [0, 0.05) is 75.2 Å². The van der Waals surface area contributed by atoms with Gasteiger partial charge in [-0.1, -0.05) is 39.3 Å². The lowest BCUT2D eigenvalue weighted by molar-refractivity contribution is -0.164. The Morgan fingerprint density at radius 1 is 0.934 bits per heavy atom. The highest BCUT2D eigenvalue weighted by molar-refractivity contribution is 6.31. The standard InChI is InChI=1S/C43H46ClF2N9O6/c1-42(2)40(43(3,4)41(42)61-25-6-5-24(21-47)27(44)19-25)49-36(57)29-7-9-31(51-50-29)53-13-11-23(12-14-53)22-52-15-17-54(18-16-52)35-28(45)20-26-33(34(35)46)39(60)55(38(26)59)30-8-10-32(56)48-37(30)58/h5-7,9,19-20,23,30,40-41H,8,10-18,22H2,1-4H3,(H,49,57)(H,48,56,58). The largest absolute Gasteiger partial charge is 0.489 e. The molecule has 4 fully saturated rings. The molecule has 4 aliphatic heterocycles. The number of carbonyl (C=O) groups excluding carboxylic acids is 5. The molecule has 5 heterocycles. The molecule has 320 valence electrons. The molecule has 1 aliphatic carbocycles. The summed E-state index contributed by atoms with van der Waals surface area (Å²) in [6.45, 7) is 12.1. The Labute approximate surface area is 356 Å². The van der Waals surface area contributed by atoms with Crippen LogP contribution in [0.5, 0.6) is 5.75 Å². The van der Waals surface area contributed by atoms with E-state index in [2.05, 4.69) is 30.6 Å². The van der Waals surface area contributed by atoms with Gasteiger partial charge in [-0.25, -0.2) is 8.78 Å². The second-order valence-electron chi connectivity index (χ2n) is 17.7. The summed E-state index contributed by atoms with van der Waals surface area (Å²) < 4.78 is 37.8. The fourth-order valence-electron chi connectivity index (χ4n) is 10.1. The summed E-state index contributed by atoms with van der Waals surface area (Å²) in [7, 11) is 0. The van der Waals surface area contributed by atoms with Gasteiger partial charge in [-0.2, -0.15) is 5.26 Å². The first-order valence-electron chi connectivity index (χ1n) is 20.5. The van der Waals surface area contributed by atoms with E-state index in [9.17, 15) is 29.2 Å². The molecular formula is C43H46ClF2N9O6. The Kier molecular flexibility index (Phi) is 11.0. The SMILES string of the molecule is CC1(C)C(NC(=O)c2ccc(N3CCC(CN4CCN(c5c(F)cc6c(c5F)C(=O)N(C5CCC(=O)NC5=O)C6=O)CC4)CC3)nn2)C(C)(C)C1Oc1ccc(C#N)c(Cl)c1. The number of fused-ring (bicyclic) bond motifs is 1. The fraction of sp³-hybridized carbons (Fsp3) is 0.488. The molecule has 2 N–H and O–H groups in total. The monoisotopic (exact) mass is 857 g/mol. The minimum Gasteiger partial charge on any atom is -0.489 e. The third-order valence-electron chi connectivity index (χ3n) is 13.1. The van der Waals surface area contributed by atoms with Crippen LogP contribution in [0, 0.1) is 39.7 Å². The molecule has 3 aromatic rings. The maximum atomic E-state index is 16.0. The number of hydrogen-bond donors (Lipinski definition) is 2. The molecule has 1 saturated carbocycles. The first-order valence-corrected chi connectivity index (χ1v) is 20.8. The maximum absolute atomic E-state index is 16.0. The van der Waals surface area contributed by atoms with Gasteiger partial charge in [-0.3, -0.25) is 39.1 Å². The van der Waals surface area contributed by atoms with Crippen LogP contribution >= 0.6 is 11.6 Å². The first kappa shape index (κ1) is 42.0. The number of piperazine rings is 1. The number of amides is 5. The molecule has 8 rings (SSSR count). The molecule has 0 spiro atoms. The summed E-state index contributed by atoms with van der Waals surface area (Å²) >= 11 is 6.23. The number of halogens is 3. The van der Waals surface area contributed by atoms with Crippen LogP contribution in [-0.4, -0.2) is 114 Å². The van der Waals surface area contributed by atoms with Crippen LogP contribution in [0.4, 0.5) is 20.3 Å². The molecule has 61 heavy (non-hydrogen) atoms. The summed E-state index contributed by atoms with van der Waals surface area (Å²) in [5, 5.41) is 23.5. The zero-order chi connectivity index (χ0) is 43.5. The van der Waals surface area contributed by atoms with E-state index in [1.54, 1.807) is 29.2 Å². The second kappa shape index (κ2) is 15.9. The summed E-state index contributed by atoms with van der Waals surface area (Å²) in [6, 6.07) is 9.88. The molecule has 1 aromatic heterocycles. The van der Waals surface area contributed by atoms with Crippen molar-refractivity contribution in [2.24, 2.45) is 16.7 Å². The van der Waals surface area contributed by atoms with Gasteiger partial charge in [0.05, 0.1) is 21.7 Å². The zero-order valence-corrected chi connectivity index (χ0v) is 35.0. The van der Waals surface area contributed by atoms with E-state index in [0.717, 1.165) is 38.5 Å². The Hall–Kier alpha value is -5.73. The molecule has 5 aliphatic rings. The molecule has 1 atom stereocenters. The third kappa shape index (κ3) is 7.54. The van der Waals surface area contributed by atoms with Crippen LogP contribution in [-0.2, 0) is 9.59 Å². The van der Waals surface area contributed by atoms with Gasteiger partial charge in [-0.05, 0) is 55.5 Å². The van der Waals surface area contributed by atoms with Crippen LogP contribution in [0.3, 0.4) is 0 Å². The van der Waals surface area contributed by atoms with Crippen LogP contribution in [0.25, 0.3) is 0 Å². The van der Waals surface area contributed by atoms with E-state index in [1.807, 2.05) is 39.8 Å². The lowest BCUT2D eigenvalue weighted by atomic mass is 9.49. The highest BCUT2D eigenvalue weighted by Gasteiger charge is 2.64. The van der Waals surface area contributed by atoms with Gasteiger partial charge in [0.25, 0.3) is 17.7 Å². The first-order chi connectivity index (χ1) is 29.0. The number of anilines is 2. The molecule has 18 heteroatoms. The third-order valence-corrected chi connectivity index (χ3v) is 13.4. The van der Waals surface area contributed by atoms with Crippen LogP contribution < -0.4 is 25.2 Å². The van der Waals surface area contributed by atoms with E-state index in [-0.39, 0.29) is 42.3 Å². The Bertz CT molecular complexity index is 2340. The number of carbonyl (C=O) groups is 5. The molecule has 2 aromatic carbocycles.